The molecule has 144 valence electrons. The second-order valence-corrected chi connectivity index (χ2v) is 7.36. The van der Waals surface area contributed by atoms with Crippen LogP contribution in [0, 0.1) is 0 Å². The first-order chi connectivity index (χ1) is 13.3. The zero-order valence-electron chi connectivity index (χ0n) is 16.1. The summed E-state index contributed by atoms with van der Waals surface area (Å²) in [6.45, 7) is 6.61. The lowest BCUT2D eigenvalue weighted by molar-refractivity contribution is 0.129. The average Bonchev–Trinajstić information content (AvgIpc) is 3.03. The molecule has 3 aromatic rings. The topological polar surface area (TPSA) is 26.2 Å². The lowest BCUT2D eigenvalue weighted by atomic mass is 10.2. The predicted octanol–water partition coefficient (Wildman–Crippen LogP) is 5.64. The second-order valence-electron chi connectivity index (χ2n) is 6.92. The molecule has 0 saturated heterocycles. The van der Waals surface area contributed by atoms with Gasteiger partial charge in [0.05, 0.1) is 0 Å². The van der Waals surface area contributed by atoms with E-state index in [1.807, 2.05) is 12.1 Å². The maximum atomic E-state index is 6.01. The van der Waals surface area contributed by atoms with Crippen LogP contribution in [0.5, 0.6) is 0 Å². The van der Waals surface area contributed by atoms with E-state index < -0.39 is 0 Å². The van der Waals surface area contributed by atoms with E-state index in [4.69, 9.17) is 16.3 Å². The van der Waals surface area contributed by atoms with E-state index in [2.05, 4.69) is 59.4 Å². The van der Waals surface area contributed by atoms with Gasteiger partial charge in [-0.15, -0.1) is 0 Å². The molecule has 0 bridgehead atoms. The highest BCUT2D eigenvalue weighted by molar-refractivity contribution is 6.30. The van der Waals surface area contributed by atoms with Crippen molar-refractivity contribution in [3.8, 4) is 0 Å². The molecule has 0 saturated carbocycles. The fourth-order valence-electron chi connectivity index (χ4n) is 3.25. The van der Waals surface area contributed by atoms with Crippen LogP contribution in [0.2, 0.25) is 5.02 Å². The largest absolute Gasteiger partial charge is 0.381 e. The molecule has 1 heterocycles. The molecular weight excluding hydrogens is 356 g/mol. The van der Waals surface area contributed by atoms with Crippen molar-refractivity contribution in [1.82, 2.24) is 9.88 Å². The summed E-state index contributed by atoms with van der Waals surface area (Å²) < 4.78 is 7.94. The van der Waals surface area contributed by atoms with Crippen LogP contribution in [0.25, 0.3) is 10.9 Å². The van der Waals surface area contributed by atoms with Gasteiger partial charge in [0.2, 0.25) is 0 Å². The number of rotatable bonds is 11. The third-order valence-electron chi connectivity index (χ3n) is 4.74. The van der Waals surface area contributed by atoms with E-state index in [1.165, 1.54) is 28.5 Å². The molecule has 1 aromatic heterocycles. The molecule has 0 aliphatic heterocycles. The van der Waals surface area contributed by atoms with Gasteiger partial charge in [-0.25, -0.2) is 0 Å². The Hall–Kier alpha value is -1.81. The first kappa shape index (κ1) is 19.9. The maximum Gasteiger partial charge on any atom is 0.0486 e. The smallest absolute Gasteiger partial charge is 0.0486 e. The Labute approximate surface area is 167 Å². The van der Waals surface area contributed by atoms with E-state index in [0.29, 0.717) is 0 Å². The third kappa shape index (κ3) is 5.83. The van der Waals surface area contributed by atoms with E-state index >= 15 is 0 Å². The summed E-state index contributed by atoms with van der Waals surface area (Å²) in [6.07, 6.45) is 5.66. The maximum absolute atomic E-state index is 6.01. The summed E-state index contributed by atoms with van der Waals surface area (Å²) in [5, 5.41) is 5.65. The van der Waals surface area contributed by atoms with Crippen LogP contribution >= 0.6 is 11.6 Å². The Balaban J connectivity index is 1.58. The highest BCUT2D eigenvalue weighted by atomic mass is 35.5. The van der Waals surface area contributed by atoms with Crippen molar-refractivity contribution in [1.29, 1.82) is 0 Å². The van der Waals surface area contributed by atoms with Crippen LogP contribution in [0.1, 0.15) is 37.3 Å². The number of nitrogens with one attached hydrogen (secondary N) is 1. The summed E-state index contributed by atoms with van der Waals surface area (Å²) >= 11 is 6.01. The van der Waals surface area contributed by atoms with Gasteiger partial charge in [-0.2, -0.15) is 0 Å². The Morgan fingerprint density at radius 3 is 2.59 bits per heavy atom. The summed E-state index contributed by atoms with van der Waals surface area (Å²) in [6, 6.07) is 16.7. The lowest BCUT2D eigenvalue weighted by Gasteiger charge is -2.06. The van der Waals surface area contributed by atoms with Crippen LogP contribution in [0.3, 0.4) is 0 Å². The molecule has 0 unspecified atom stereocenters. The molecule has 0 spiro atoms. The van der Waals surface area contributed by atoms with Crippen LogP contribution in [-0.2, 0) is 17.8 Å². The molecule has 0 amide bonds. The first-order valence-corrected chi connectivity index (χ1v) is 10.3. The number of nitrogens with zero attached hydrogens (tertiary/aromatic N) is 1. The highest BCUT2D eigenvalue weighted by Crippen LogP contribution is 2.23. The molecule has 4 heteroatoms. The van der Waals surface area contributed by atoms with Gasteiger partial charge < -0.3 is 14.6 Å². The Morgan fingerprint density at radius 1 is 1.00 bits per heavy atom. The van der Waals surface area contributed by atoms with Gasteiger partial charge >= 0.3 is 0 Å². The molecule has 2 aromatic carbocycles. The minimum atomic E-state index is 0.777. The van der Waals surface area contributed by atoms with Gasteiger partial charge in [-0.05, 0) is 48.7 Å². The molecule has 0 radical (unpaired) electrons. The zero-order valence-corrected chi connectivity index (χ0v) is 16.8. The molecule has 0 aliphatic carbocycles. The summed E-state index contributed by atoms with van der Waals surface area (Å²) in [5.74, 6) is 0. The number of unbranched alkanes of at least 4 members (excludes halogenated alkanes) is 1. The minimum Gasteiger partial charge on any atom is -0.381 e. The van der Waals surface area contributed by atoms with Gasteiger partial charge in [0.25, 0.3) is 0 Å². The Morgan fingerprint density at radius 2 is 1.78 bits per heavy atom. The van der Waals surface area contributed by atoms with Crippen molar-refractivity contribution in [3.63, 3.8) is 0 Å². The molecule has 3 rings (SSSR count). The minimum absolute atomic E-state index is 0.777. The highest BCUT2D eigenvalue weighted by Gasteiger charge is 2.08. The van der Waals surface area contributed by atoms with Gasteiger partial charge in [-0.1, -0.05) is 55.3 Å². The van der Waals surface area contributed by atoms with Gasteiger partial charge in [0.1, 0.15) is 0 Å². The van der Waals surface area contributed by atoms with Crippen molar-refractivity contribution in [2.45, 2.75) is 39.3 Å². The lowest BCUT2D eigenvalue weighted by Crippen LogP contribution is -2.16. The number of hydrogen-bond acceptors (Lipinski definition) is 2. The molecule has 1 N–H and O–H groups in total. The molecule has 3 nitrogen and oxygen atoms in total. The Kier molecular flexibility index (Phi) is 7.76. The molecule has 27 heavy (non-hydrogen) atoms. The van der Waals surface area contributed by atoms with E-state index in [1.54, 1.807) is 0 Å². The van der Waals surface area contributed by atoms with Crippen molar-refractivity contribution in [2.75, 3.05) is 19.8 Å². The van der Waals surface area contributed by atoms with Crippen LogP contribution in [0.4, 0.5) is 0 Å². The van der Waals surface area contributed by atoms with Gasteiger partial charge in [0, 0.05) is 48.4 Å². The van der Waals surface area contributed by atoms with Crippen LogP contribution in [0.15, 0.2) is 54.7 Å². The predicted molar refractivity (Wildman–Crippen MR) is 115 cm³/mol. The van der Waals surface area contributed by atoms with Crippen molar-refractivity contribution in [2.24, 2.45) is 0 Å². The number of fused-ring (bicyclic) bond motifs is 1. The molecule has 0 fully saturated rings. The van der Waals surface area contributed by atoms with E-state index in [9.17, 15) is 0 Å². The monoisotopic (exact) mass is 384 g/mol. The number of ether oxygens (including phenoxy) is 1. The Bertz CT molecular complexity index is 826. The van der Waals surface area contributed by atoms with E-state index in [0.717, 1.165) is 50.7 Å². The normalized spacial score (nSPS) is 11.3. The van der Waals surface area contributed by atoms with Crippen LogP contribution in [-0.4, -0.2) is 24.3 Å². The summed E-state index contributed by atoms with van der Waals surface area (Å²) in [7, 11) is 0. The SMILES string of the molecule is CCCCOCCCNCc1cn(Cc2ccc(Cl)cc2)c2ccccc12. The van der Waals surface area contributed by atoms with Crippen LogP contribution < -0.4 is 5.32 Å². The number of para-hydroxylation sites is 1. The number of halogens is 1. The molecular formula is C23H29ClN2O. The molecule has 0 atom stereocenters. The fourth-order valence-corrected chi connectivity index (χ4v) is 3.38. The zero-order chi connectivity index (χ0) is 18.9. The number of aromatic nitrogens is 1. The van der Waals surface area contributed by atoms with Gasteiger partial charge in [0.15, 0.2) is 0 Å². The number of benzene rings is 2. The summed E-state index contributed by atoms with van der Waals surface area (Å²) in [5.41, 5.74) is 3.86. The van der Waals surface area contributed by atoms with Crippen molar-refractivity contribution >= 4 is 22.5 Å². The van der Waals surface area contributed by atoms with E-state index in [-0.39, 0.29) is 0 Å². The third-order valence-corrected chi connectivity index (χ3v) is 4.99. The number of hydrogen-bond donors (Lipinski definition) is 1. The second kappa shape index (κ2) is 10.5. The molecule has 0 aliphatic rings. The van der Waals surface area contributed by atoms with Crippen molar-refractivity contribution < 1.29 is 4.74 Å². The summed E-state index contributed by atoms with van der Waals surface area (Å²) in [4.78, 5) is 0. The van der Waals surface area contributed by atoms with Crippen molar-refractivity contribution in [3.05, 3.63) is 70.9 Å². The standard InChI is InChI=1S/C23H29ClN2O/c1-2-3-14-27-15-6-13-25-16-20-18-26(23-8-5-4-7-22(20)23)17-19-9-11-21(24)12-10-19/h4-5,7-12,18,25H,2-3,6,13-17H2,1H3. The fraction of sp³-hybridized carbons (Fsp3) is 0.391. The first-order valence-electron chi connectivity index (χ1n) is 9.87. The average molecular weight is 385 g/mol. The van der Waals surface area contributed by atoms with Gasteiger partial charge in [-0.3, -0.25) is 0 Å². The quantitative estimate of drug-likeness (QED) is 0.433.